The number of guanidine groups is 1. The molecule has 130 valence electrons. The summed E-state index contributed by atoms with van der Waals surface area (Å²) in [6.07, 6.45) is 3.83. The molecule has 1 rings (SSSR count). The second-order valence-corrected chi connectivity index (χ2v) is 6.82. The van der Waals surface area contributed by atoms with Crippen LogP contribution in [0.15, 0.2) is 4.99 Å². The molecule has 0 radical (unpaired) electrons. The van der Waals surface area contributed by atoms with E-state index in [2.05, 4.69) is 48.2 Å². The minimum atomic E-state index is -0.214. The number of hydrogen-bond donors (Lipinski definition) is 2. The Kier molecular flexibility index (Phi) is 8.79. The van der Waals surface area contributed by atoms with E-state index >= 15 is 0 Å². The number of likely N-dealkylation sites (tertiary alicyclic amines) is 1. The van der Waals surface area contributed by atoms with E-state index in [1.165, 1.54) is 38.9 Å². The molecule has 0 aromatic carbocycles. The van der Waals surface area contributed by atoms with Crippen LogP contribution in [-0.4, -0.2) is 62.8 Å². The zero-order chi connectivity index (χ0) is 16.4. The van der Waals surface area contributed by atoms with Gasteiger partial charge in [-0.05, 0) is 65.6 Å². The fourth-order valence-electron chi connectivity index (χ4n) is 2.65. The topological polar surface area (TPSA) is 48.9 Å². The van der Waals surface area contributed by atoms with Crippen molar-refractivity contribution in [2.75, 3.05) is 46.4 Å². The monoisotopic (exact) mass is 312 g/mol. The molecule has 0 amide bonds. The van der Waals surface area contributed by atoms with Crippen LogP contribution >= 0.6 is 0 Å². The molecule has 0 spiro atoms. The highest BCUT2D eigenvalue weighted by Crippen LogP contribution is 2.16. The molecule has 5 heteroatoms. The van der Waals surface area contributed by atoms with E-state index in [1.807, 2.05) is 0 Å². The van der Waals surface area contributed by atoms with Gasteiger partial charge in [-0.15, -0.1) is 0 Å². The molecule has 0 aromatic rings. The zero-order valence-electron chi connectivity index (χ0n) is 15.2. The van der Waals surface area contributed by atoms with Crippen LogP contribution in [0.4, 0.5) is 0 Å². The molecule has 1 fully saturated rings. The summed E-state index contributed by atoms with van der Waals surface area (Å²) < 4.78 is 5.43. The highest BCUT2D eigenvalue weighted by atomic mass is 16.5. The van der Waals surface area contributed by atoms with Gasteiger partial charge in [-0.25, -0.2) is 0 Å². The van der Waals surface area contributed by atoms with Crippen LogP contribution in [0.2, 0.25) is 0 Å². The lowest BCUT2D eigenvalue weighted by molar-refractivity contribution is 0.0310. The fraction of sp³-hybridized carbons (Fsp3) is 0.941. The molecule has 1 aliphatic heterocycles. The summed E-state index contributed by atoms with van der Waals surface area (Å²) in [6.45, 7) is 14.8. The minimum absolute atomic E-state index is 0.214. The molecule has 22 heavy (non-hydrogen) atoms. The molecule has 0 atom stereocenters. The number of hydrogen-bond acceptors (Lipinski definition) is 3. The van der Waals surface area contributed by atoms with E-state index in [0.717, 1.165) is 25.0 Å². The van der Waals surface area contributed by atoms with Gasteiger partial charge in [-0.1, -0.05) is 6.92 Å². The molecule has 2 N–H and O–H groups in total. The van der Waals surface area contributed by atoms with Gasteiger partial charge in [0.2, 0.25) is 0 Å². The van der Waals surface area contributed by atoms with Crippen molar-refractivity contribution in [1.29, 1.82) is 0 Å². The van der Waals surface area contributed by atoms with Crippen molar-refractivity contribution < 1.29 is 4.74 Å². The Morgan fingerprint density at radius 2 is 1.91 bits per heavy atom. The number of methoxy groups -OCH3 is 1. The fourth-order valence-corrected chi connectivity index (χ4v) is 2.65. The van der Waals surface area contributed by atoms with Crippen molar-refractivity contribution in [3.8, 4) is 0 Å². The Bertz CT molecular complexity index is 323. The van der Waals surface area contributed by atoms with Crippen molar-refractivity contribution in [2.24, 2.45) is 10.9 Å². The maximum atomic E-state index is 5.43. The minimum Gasteiger partial charge on any atom is -0.377 e. The van der Waals surface area contributed by atoms with E-state index in [4.69, 9.17) is 4.74 Å². The molecule has 1 heterocycles. The number of ether oxygens (including phenoxy) is 1. The smallest absolute Gasteiger partial charge is 0.191 e. The van der Waals surface area contributed by atoms with Crippen molar-refractivity contribution >= 4 is 5.96 Å². The number of piperidine rings is 1. The first-order chi connectivity index (χ1) is 10.5. The first kappa shape index (κ1) is 19.2. The van der Waals surface area contributed by atoms with E-state index < -0.39 is 0 Å². The van der Waals surface area contributed by atoms with Crippen molar-refractivity contribution in [1.82, 2.24) is 15.5 Å². The third kappa shape index (κ3) is 7.45. The molecule has 1 aliphatic rings. The van der Waals surface area contributed by atoms with Crippen LogP contribution in [0.5, 0.6) is 0 Å². The molecule has 5 nitrogen and oxygen atoms in total. The van der Waals surface area contributed by atoms with Crippen LogP contribution in [0.3, 0.4) is 0 Å². The van der Waals surface area contributed by atoms with Gasteiger partial charge < -0.3 is 20.3 Å². The van der Waals surface area contributed by atoms with Crippen LogP contribution in [0.25, 0.3) is 0 Å². The average molecular weight is 313 g/mol. The molecule has 1 saturated heterocycles. The maximum absolute atomic E-state index is 5.43. The lowest BCUT2D eigenvalue weighted by atomic mass is 9.97. The highest BCUT2D eigenvalue weighted by molar-refractivity contribution is 5.79. The van der Waals surface area contributed by atoms with Gasteiger partial charge in [0.15, 0.2) is 5.96 Å². The van der Waals surface area contributed by atoms with Gasteiger partial charge in [0.25, 0.3) is 0 Å². The average Bonchev–Trinajstić information content (AvgIpc) is 2.52. The number of nitrogens with one attached hydrogen (secondary N) is 2. The summed E-state index contributed by atoms with van der Waals surface area (Å²) in [7, 11) is 1.74. The van der Waals surface area contributed by atoms with Gasteiger partial charge in [-0.3, -0.25) is 4.99 Å². The quantitative estimate of drug-likeness (QED) is 0.532. The van der Waals surface area contributed by atoms with Crippen LogP contribution in [-0.2, 0) is 4.74 Å². The standard InChI is InChI=1S/C17H36N4O/c1-6-10-21-11-8-15(9-12-21)13-19-16(18-7-2)20-14-17(3,4)22-5/h15H,6-14H2,1-5H3,(H2,18,19,20). The Morgan fingerprint density at radius 3 is 2.45 bits per heavy atom. The first-order valence-corrected chi connectivity index (χ1v) is 8.80. The van der Waals surface area contributed by atoms with Crippen molar-refractivity contribution in [2.45, 2.75) is 52.6 Å². The summed E-state index contributed by atoms with van der Waals surface area (Å²) in [4.78, 5) is 7.22. The third-order valence-corrected chi connectivity index (χ3v) is 4.32. The predicted molar refractivity (Wildman–Crippen MR) is 94.5 cm³/mol. The Labute approximate surface area is 136 Å². The summed E-state index contributed by atoms with van der Waals surface area (Å²) in [6, 6.07) is 0. The normalized spacial score (nSPS) is 18.5. The molecule has 0 saturated carbocycles. The SMILES string of the molecule is CCCN1CCC(CNC(=NCC(C)(C)OC)NCC)CC1. The van der Waals surface area contributed by atoms with Crippen molar-refractivity contribution in [3.63, 3.8) is 0 Å². The number of rotatable bonds is 8. The largest absolute Gasteiger partial charge is 0.377 e. The lowest BCUT2D eigenvalue weighted by Crippen LogP contribution is -2.43. The predicted octanol–water partition coefficient (Wildman–Crippen LogP) is 2.09. The summed E-state index contributed by atoms with van der Waals surface area (Å²) in [5.74, 6) is 1.66. The van der Waals surface area contributed by atoms with Gasteiger partial charge in [0.1, 0.15) is 0 Å². The molecule has 0 bridgehead atoms. The van der Waals surface area contributed by atoms with E-state index in [0.29, 0.717) is 6.54 Å². The second-order valence-electron chi connectivity index (χ2n) is 6.82. The zero-order valence-corrected chi connectivity index (χ0v) is 15.2. The molecule has 0 aromatic heterocycles. The van der Waals surface area contributed by atoms with Crippen LogP contribution in [0.1, 0.15) is 47.0 Å². The number of aliphatic imine (C=N–C) groups is 1. The van der Waals surface area contributed by atoms with Crippen LogP contribution in [0, 0.1) is 5.92 Å². The lowest BCUT2D eigenvalue weighted by Gasteiger charge is -2.32. The Hall–Kier alpha value is -0.810. The van der Waals surface area contributed by atoms with Gasteiger partial charge in [0.05, 0.1) is 12.1 Å². The van der Waals surface area contributed by atoms with Gasteiger partial charge in [-0.2, -0.15) is 0 Å². The van der Waals surface area contributed by atoms with Gasteiger partial charge in [0, 0.05) is 20.2 Å². The van der Waals surface area contributed by atoms with E-state index in [1.54, 1.807) is 7.11 Å². The first-order valence-electron chi connectivity index (χ1n) is 8.80. The number of nitrogens with zero attached hydrogens (tertiary/aromatic N) is 2. The van der Waals surface area contributed by atoms with Crippen LogP contribution < -0.4 is 10.6 Å². The summed E-state index contributed by atoms with van der Waals surface area (Å²) in [5.41, 5.74) is -0.214. The molecular weight excluding hydrogens is 276 g/mol. The molecule has 0 aliphatic carbocycles. The molecule has 0 unspecified atom stereocenters. The second kappa shape index (κ2) is 10.1. The van der Waals surface area contributed by atoms with E-state index in [-0.39, 0.29) is 5.60 Å². The summed E-state index contributed by atoms with van der Waals surface area (Å²) in [5, 5.41) is 6.82. The van der Waals surface area contributed by atoms with Gasteiger partial charge >= 0.3 is 0 Å². The Morgan fingerprint density at radius 1 is 1.23 bits per heavy atom. The van der Waals surface area contributed by atoms with E-state index in [9.17, 15) is 0 Å². The highest BCUT2D eigenvalue weighted by Gasteiger charge is 2.19. The summed E-state index contributed by atoms with van der Waals surface area (Å²) >= 11 is 0. The molecular formula is C17H36N4O. The third-order valence-electron chi connectivity index (χ3n) is 4.32. The Balaban J connectivity index is 2.37. The maximum Gasteiger partial charge on any atom is 0.191 e. The van der Waals surface area contributed by atoms with Crippen molar-refractivity contribution in [3.05, 3.63) is 0 Å².